The summed E-state index contributed by atoms with van der Waals surface area (Å²) < 4.78 is 37.7. The topological polar surface area (TPSA) is 57.6 Å². The standard InChI is InChI=1S/C14H19ClFNO3S/c1-21(19,20)17-6-2-3-10(9-17)7-14(18)11-4-5-13(16)12(15)8-11/h4-5,8,10,14,18H,2-3,6-7,9H2,1H3. The summed E-state index contributed by atoms with van der Waals surface area (Å²) in [4.78, 5) is 0. The monoisotopic (exact) mass is 335 g/mol. The van der Waals surface area contributed by atoms with Crippen LogP contribution in [0.2, 0.25) is 5.02 Å². The van der Waals surface area contributed by atoms with Gasteiger partial charge < -0.3 is 5.11 Å². The zero-order valence-electron chi connectivity index (χ0n) is 11.8. The van der Waals surface area contributed by atoms with E-state index in [2.05, 4.69) is 0 Å². The summed E-state index contributed by atoms with van der Waals surface area (Å²) in [5.41, 5.74) is 0.554. The molecule has 21 heavy (non-hydrogen) atoms. The van der Waals surface area contributed by atoms with Crippen LogP contribution in [0.15, 0.2) is 18.2 Å². The quantitative estimate of drug-likeness (QED) is 0.920. The number of hydrogen-bond donors (Lipinski definition) is 1. The van der Waals surface area contributed by atoms with Crippen molar-refractivity contribution in [1.29, 1.82) is 0 Å². The number of aliphatic hydroxyl groups is 1. The van der Waals surface area contributed by atoms with Crippen molar-refractivity contribution >= 4 is 21.6 Å². The van der Waals surface area contributed by atoms with Gasteiger partial charge in [-0.15, -0.1) is 0 Å². The lowest BCUT2D eigenvalue weighted by molar-refractivity contribution is 0.123. The maximum atomic E-state index is 13.1. The smallest absolute Gasteiger partial charge is 0.211 e. The predicted octanol–water partition coefficient (Wildman–Crippen LogP) is 2.57. The fourth-order valence-corrected chi connectivity index (χ4v) is 3.82. The Kier molecular flexibility index (Phi) is 5.24. The molecular weight excluding hydrogens is 317 g/mol. The molecule has 0 radical (unpaired) electrons. The summed E-state index contributed by atoms with van der Waals surface area (Å²) >= 11 is 5.71. The maximum Gasteiger partial charge on any atom is 0.211 e. The zero-order chi connectivity index (χ0) is 15.6. The van der Waals surface area contributed by atoms with E-state index >= 15 is 0 Å². The molecule has 2 rings (SSSR count). The van der Waals surface area contributed by atoms with Crippen molar-refractivity contribution in [3.05, 3.63) is 34.6 Å². The van der Waals surface area contributed by atoms with Crippen molar-refractivity contribution in [3.63, 3.8) is 0 Å². The Morgan fingerprint density at radius 2 is 2.24 bits per heavy atom. The van der Waals surface area contributed by atoms with E-state index in [1.807, 2.05) is 0 Å². The molecule has 4 nitrogen and oxygen atoms in total. The Morgan fingerprint density at radius 1 is 1.52 bits per heavy atom. The van der Waals surface area contributed by atoms with E-state index in [0.717, 1.165) is 12.8 Å². The minimum Gasteiger partial charge on any atom is -0.388 e. The van der Waals surface area contributed by atoms with Crippen LogP contribution in [-0.2, 0) is 10.0 Å². The van der Waals surface area contributed by atoms with Gasteiger partial charge in [0, 0.05) is 13.1 Å². The first-order valence-corrected chi connectivity index (χ1v) is 9.08. The maximum absolute atomic E-state index is 13.1. The molecule has 7 heteroatoms. The van der Waals surface area contributed by atoms with Crippen molar-refractivity contribution in [2.24, 2.45) is 5.92 Å². The van der Waals surface area contributed by atoms with Gasteiger partial charge in [-0.05, 0) is 42.9 Å². The molecule has 2 unspecified atom stereocenters. The molecule has 0 saturated carbocycles. The molecule has 118 valence electrons. The third-order valence-electron chi connectivity index (χ3n) is 3.84. The lowest BCUT2D eigenvalue weighted by Gasteiger charge is -2.32. The van der Waals surface area contributed by atoms with Gasteiger partial charge in [-0.3, -0.25) is 0 Å². The Balaban J connectivity index is 2.02. The van der Waals surface area contributed by atoms with Crippen LogP contribution >= 0.6 is 11.6 Å². The average Bonchev–Trinajstić information content (AvgIpc) is 2.41. The third-order valence-corrected chi connectivity index (χ3v) is 5.40. The second-order valence-corrected chi connectivity index (χ2v) is 7.94. The first-order chi connectivity index (χ1) is 9.77. The third kappa shape index (κ3) is 4.39. The molecule has 1 saturated heterocycles. The molecular formula is C14H19ClFNO3S. The minimum atomic E-state index is -3.19. The number of aliphatic hydroxyl groups excluding tert-OH is 1. The van der Waals surface area contributed by atoms with Crippen LogP contribution in [0.5, 0.6) is 0 Å². The van der Waals surface area contributed by atoms with Crippen LogP contribution < -0.4 is 0 Å². The van der Waals surface area contributed by atoms with Crippen LogP contribution in [0, 0.1) is 11.7 Å². The van der Waals surface area contributed by atoms with Crippen LogP contribution in [-0.4, -0.2) is 37.2 Å². The van der Waals surface area contributed by atoms with Crippen LogP contribution in [0.4, 0.5) is 4.39 Å². The molecule has 1 aliphatic rings. The highest BCUT2D eigenvalue weighted by molar-refractivity contribution is 7.88. The molecule has 1 heterocycles. The highest BCUT2D eigenvalue weighted by Crippen LogP contribution is 2.30. The van der Waals surface area contributed by atoms with Crippen molar-refractivity contribution < 1.29 is 17.9 Å². The van der Waals surface area contributed by atoms with Crippen LogP contribution in [0.1, 0.15) is 30.9 Å². The van der Waals surface area contributed by atoms with Crippen molar-refractivity contribution in [2.75, 3.05) is 19.3 Å². The van der Waals surface area contributed by atoms with E-state index in [1.54, 1.807) is 0 Å². The summed E-state index contributed by atoms with van der Waals surface area (Å²) in [6.07, 6.45) is 2.53. The number of sulfonamides is 1. The first-order valence-electron chi connectivity index (χ1n) is 6.85. The zero-order valence-corrected chi connectivity index (χ0v) is 13.4. The van der Waals surface area contributed by atoms with E-state index in [4.69, 9.17) is 11.6 Å². The molecule has 0 spiro atoms. The summed E-state index contributed by atoms with van der Waals surface area (Å²) in [5, 5.41) is 10.2. The van der Waals surface area contributed by atoms with Crippen LogP contribution in [0.25, 0.3) is 0 Å². The van der Waals surface area contributed by atoms with E-state index in [9.17, 15) is 17.9 Å². The molecule has 1 aromatic carbocycles. The summed E-state index contributed by atoms with van der Waals surface area (Å²) in [6.45, 7) is 0.957. The Labute approximate surface area is 129 Å². The predicted molar refractivity (Wildman–Crippen MR) is 80.1 cm³/mol. The van der Waals surface area contributed by atoms with Gasteiger partial charge in [-0.25, -0.2) is 17.1 Å². The summed E-state index contributed by atoms with van der Waals surface area (Å²) in [5.74, 6) is -0.430. The highest BCUT2D eigenvalue weighted by Gasteiger charge is 2.27. The largest absolute Gasteiger partial charge is 0.388 e. The molecule has 0 bridgehead atoms. The Bertz CT molecular complexity index is 608. The number of halogens is 2. The van der Waals surface area contributed by atoms with E-state index < -0.39 is 21.9 Å². The van der Waals surface area contributed by atoms with E-state index in [-0.39, 0.29) is 10.9 Å². The number of hydrogen-bond acceptors (Lipinski definition) is 3. The second kappa shape index (κ2) is 6.60. The van der Waals surface area contributed by atoms with Gasteiger partial charge in [-0.2, -0.15) is 0 Å². The molecule has 1 fully saturated rings. The number of piperidine rings is 1. The minimum absolute atomic E-state index is 0.0204. The van der Waals surface area contributed by atoms with E-state index in [1.165, 1.54) is 28.8 Å². The molecule has 1 aliphatic heterocycles. The average molecular weight is 336 g/mol. The second-order valence-electron chi connectivity index (χ2n) is 5.55. The van der Waals surface area contributed by atoms with Gasteiger partial charge in [0.15, 0.2) is 0 Å². The molecule has 0 amide bonds. The van der Waals surface area contributed by atoms with Crippen molar-refractivity contribution in [2.45, 2.75) is 25.4 Å². The van der Waals surface area contributed by atoms with Gasteiger partial charge in [0.25, 0.3) is 0 Å². The normalized spacial score (nSPS) is 22.2. The van der Waals surface area contributed by atoms with Gasteiger partial charge in [-0.1, -0.05) is 17.7 Å². The molecule has 0 aliphatic carbocycles. The molecule has 1 aromatic rings. The fourth-order valence-electron chi connectivity index (χ4n) is 2.69. The summed E-state index contributed by atoms with van der Waals surface area (Å²) in [7, 11) is -3.19. The van der Waals surface area contributed by atoms with Gasteiger partial charge in [0.2, 0.25) is 10.0 Å². The molecule has 2 atom stereocenters. The number of nitrogens with zero attached hydrogens (tertiary/aromatic N) is 1. The Hall–Kier alpha value is -0.690. The van der Waals surface area contributed by atoms with E-state index in [0.29, 0.717) is 25.1 Å². The number of rotatable bonds is 4. The highest BCUT2D eigenvalue weighted by atomic mass is 35.5. The van der Waals surface area contributed by atoms with Crippen LogP contribution in [0.3, 0.4) is 0 Å². The number of benzene rings is 1. The van der Waals surface area contributed by atoms with Gasteiger partial charge in [0.05, 0.1) is 17.4 Å². The lowest BCUT2D eigenvalue weighted by Crippen LogP contribution is -2.39. The Morgan fingerprint density at radius 3 is 2.86 bits per heavy atom. The van der Waals surface area contributed by atoms with Gasteiger partial charge in [0.1, 0.15) is 5.82 Å². The molecule has 0 aromatic heterocycles. The molecule has 1 N–H and O–H groups in total. The fraction of sp³-hybridized carbons (Fsp3) is 0.571. The van der Waals surface area contributed by atoms with Gasteiger partial charge >= 0.3 is 0 Å². The van der Waals surface area contributed by atoms with Crippen molar-refractivity contribution in [1.82, 2.24) is 4.31 Å². The lowest BCUT2D eigenvalue weighted by atomic mass is 9.91. The summed E-state index contributed by atoms with van der Waals surface area (Å²) in [6, 6.07) is 4.15. The van der Waals surface area contributed by atoms with Crippen molar-refractivity contribution in [3.8, 4) is 0 Å². The first kappa shape index (κ1) is 16.7. The SMILES string of the molecule is CS(=O)(=O)N1CCCC(CC(O)c2ccc(F)c(Cl)c2)C1.